The van der Waals surface area contributed by atoms with Crippen LogP contribution in [-0.2, 0) is 19.6 Å². The summed E-state index contributed by atoms with van der Waals surface area (Å²) in [5.41, 5.74) is 1.92. The molecular weight excluding hydrogens is 498 g/mol. The van der Waals surface area contributed by atoms with Crippen LogP contribution in [0, 0.1) is 0 Å². The molecule has 2 aliphatic rings. The van der Waals surface area contributed by atoms with Crippen molar-refractivity contribution in [2.45, 2.75) is 27.2 Å². The molecule has 1 saturated heterocycles. The van der Waals surface area contributed by atoms with E-state index in [-0.39, 0.29) is 25.5 Å². The Morgan fingerprint density at radius 1 is 1.12 bits per heavy atom. The Bertz CT molecular complexity index is 1160. The first-order valence-electron chi connectivity index (χ1n) is 10.9. The highest BCUT2D eigenvalue weighted by Gasteiger charge is 2.33. The van der Waals surface area contributed by atoms with E-state index in [1.807, 2.05) is 29.7 Å². The van der Waals surface area contributed by atoms with E-state index in [1.165, 1.54) is 16.7 Å². The standard InChI is InChI=1S/C22H27N3O6S3/c1-4-23-16-9-8-15(21(27)31-6-3)14-17(16)25(12-7-13-34(28,29)30)19(23)11-10-18-20(26)24(5-2)22(32)33-18/h8-11,14H,4-7,12-13H2,1-3H3,(H,28,29,30). The van der Waals surface area contributed by atoms with Gasteiger partial charge in [0.2, 0.25) is 0 Å². The van der Waals surface area contributed by atoms with Crippen molar-refractivity contribution < 1.29 is 27.3 Å². The predicted molar refractivity (Wildman–Crippen MR) is 138 cm³/mol. The van der Waals surface area contributed by atoms with E-state index in [1.54, 1.807) is 31.2 Å². The Morgan fingerprint density at radius 3 is 2.41 bits per heavy atom. The molecule has 0 saturated carbocycles. The minimum atomic E-state index is -4.12. The van der Waals surface area contributed by atoms with Gasteiger partial charge in [0.25, 0.3) is 16.0 Å². The molecule has 2 heterocycles. The number of nitrogens with zero attached hydrogens (tertiary/aromatic N) is 3. The van der Waals surface area contributed by atoms with Gasteiger partial charge in [-0.25, -0.2) is 4.79 Å². The van der Waals surface area contributed by atoms with Crippen LogP contribution in [0.15, 0.2) is 41.1 Å². The molecule has 0 bridgehead atoms. The van der Waals surface area contributed by atoms with Crippen molar-refractivity contribution >= 4 is 61.7 Å². The van der Waals surface area contributed by atoms with Gasteiger partial charge in [-0.3, -0.25) is 14.2 Å². The van der Waals surface area contributed by atoms with Crippen LogP contribution < -0.4 is 9.80 Å². The van der Waals surface area contributed by atoms with Gasteiger partial charge in [-0.1, -0.05) is 24.0 Å². The van der Waals surface area contributed by atoms with E-state index in [4.69, 9.17) is 17.0 Å². The fourth-order valence-electron chi connectivity index (χ4n) is 3.79. The molecule has 0 unspecified atom stereocenters. The summed E-state index contributed by atoms with van der Waals surface area (Å²) in [7, 11) is -4.12. The van der Waals surface area contributed by atoms with E-state index in [0.29, 0.717) is 33.6 Å². The molecule has 2 aliphatic heterocycles. The van der Waals surface area contributed by atoms with Crippen LogP contribution in [0.25, 0.3) is 0 Å². The van der Waals surface area contributed by atoms with Gasteiger partial charge < -0.3 is 14.5 Å². The molecule has 0 radical (unpaired) electrons. The van der Waals surface area contributed by atoms with Crippen molar-refractivity contribution in [3.63, 3.8) is 0 Å². The molecule has 1 amide bonds. The number of carbonyl (C=O) groups excluding carboxylic acids is 2. The first kappa shape index (κ1) is 26.2. The Hall–Kier alpha value is -2.41. The molecule has 0 atom stereocenters. The van der Waals surface area contributed by atoms with Crippen LogP contribution in [-0.4, -0.2) is 66.1 Å². The quantitative estimate of drug-likeness (QED) is 0.223. The van der Waals surface area contributed by atoms with E-state index in [0.717, 1.165) is 11.5 Å². The number of fused-ring (bicyclic) bond motifs is 1. The molecule has 1 N–H and O–H groups in total. The zero-order chi connectivity index (χ0) is 25.0. The highest BCUT2D eigenvalue weighted by atomic mass is 32.2. The number of likely N-dealkylation sites (N-methyl/N-ethyl adjacent to an activating group) is 1. The average Bonchev–Trinajstić information content (AvgIpc) is 3.23. The highest BCUT2D eigenvalue weighted by molar-refractivity contribution is 8.26. The molecule has 0 spiro atoms. The predicted octanol–water partition coefficient (Wildman–Crippen LogP) is 3.39. The molecule has 34 heavy (non-hydrogen) atoms. The van der Waals surface area contributed by atoms with Crippen LogP contribution in [0.4, 0.5) is 11.4 Å². The minimum absolute atomic E-state index is 0.157. The average molecular weight is 526 g/mol. The largest absolute Gasteiger partial charge is 0.462 e. The first-order valence-corrected chi connectivity index (χ1v) is 13.7. The molecule has 9 nitrogen and oxygen atoms in total. The first-order chi connectivity index (χ1) is 16.1. The molecule has 0 aromatic heterocycles. The van der Waals surface area contributed by atoms with Gasteiger partial charge in [-0.15, -0.1) is 0 Å². The number of thioether (sulfide) groups is 1. The van der Waals surface area contributed by atoms with Crippen LogP contribution >= 0.6 is 24.0 Å². The van der Waals surface area contributed by atoms with Crippen molar-refractivity contribution in [2.75, 3.05) is 41.8 Å². The van der Waals surface area contributed by atoms with Gasteiger partial charge >= 0.3 is 5.97 Å². The molecule has 184 valence electrons. The van der Waals surface area contributed by atoms with Crippen molar-refractivity contribution in [1.29, 1.82) is 0 Å². The topological polar surface area (TPSA) is 107 Å². The maximum atomic E-state index is 12.6. The highest BCUT2D eigenvalue weighted by Crippen LogP contribution is 2.42. The number of benzene rings is 1. The Balaban J connectivity index is 2.02. The zero-order valence-corrected chi connectivity index (χ0v) is 21.6. The monoisotopic (exact) mass is 525 g/mol. The number of anilines is 2. The number of hydrogen-bond donors (Lipinski definition) is 1. The van der Waals surface area contributed by atoms with E-state index < -0.39 is 21.8 Å². The Kier molecular flexibility index (Phi) is 8.39. The third-order valence-electron chi connectivity index (χ3n) is 5.30. The summed E-state index contributed by atoms with van der Waals surface area (Å²) in [6, 6.07) is 5.21. The fraction of sp³-hybridized carbons (Fsp3) is 0.409. The van der Waals surface area contributed by atoms with Gasteiger partial charge in [-0.2, -0.15) is 8.42 Å². The summed E-state index contributed by atoms with van der Waals surface area (Å²) in [6.45, 7) is 7.15. The van der Waals surface area contributed by atoms with Gasteiger partial charge in [0, 0.05) is 19.6 Å². The van der Waals surface area contributed by atoms with Crippen LogP contribution in [0.1, 0.15) is 37.6 Å². The van der Waals surface area contributed by atoms with Crippen molar-refractivity contribution in [3.8, 4) is 0 Å². The summed E-state index contributed by atoms with van der Waals surface area (Å²) < 4.78 is 37.4. The number of hydrogen-bond acceptors (Lipinski definition) is 9. The van der Waals surface area contributed by atoms with Gasteiger partial charge in [0.15, 0.2) is 0 Å². The van der Waals surface area contributed by atoms with Gasteiger partial charge in [0.1, 0.15) is 10.1 Å². The fourth-order valence-corrected chi connectivity index (χ4v) is 5.61. The number of ether oxygens (including phenoxy) is 1. The summed E-state index contributed by atoms with van der Waals surface area (Å²) in [4.78, 5) is 30.8. The normalized spacial score (nSPS) is 18.4. The second-order valence-electron chi connectivity index (χ2n) is 7.43. The third-order valence-corrected chi connectivity index (χ3v) is 7.50. The molecule has 12 heteroatoms. The maximum Gasteiger partial charge on any atom is 0.338 e. The summed E-state index contributed by atoms with van der Waals surface area (Å²) in [5, 5.41) is 0. The number of amides is 1. The van der Waals surface area contributed by atoms with E-state index in [2.05, 4.69) is 0 Å². The number of esters is 1. The van der Waals surface area contributed by atoms with Crippen molar-refractivity contribution in [2.24, 2.45) is 0 Å². The van der Waals surface area contributed by atoms with Crippen LogP contribution in [0.5, 0.6) is 0 Å². The van der Waals surface area contributed by atoms with Gasteiger partial charge in [0.05, 0.1) is 34.2 Å². The number of thiocarbonyl (C=S) groups is 1. The molecule has 1 aromatic rings. The smallest absolute Gasteiger partial charge is 0.338 e. The van der Waals surface area contributed by atoms with Crippen molar-refractivity contribution in [3.05, 3.63) is 46.6 Å². The summed E-state index contributed by atoms with van der Waals surface area (Å²) in [6.07, 6.45) is 3.67. The zero-order valence-electron chi connectivity index (χ0n) is 19.2. The molecule has 3 rings (SSSR count). The molecule has 0 aliphatic carbocycles. The molecule has 1 fully saturated rings. The Morgan fingerprint density at radius 2 is 1.82 bits per heavy atom. The van der Waals surface area contributed by atoms with Gasteiger partial charge in [-0.05, 0) is 57.5 Å². The lowest BCUT2D eigenvalue weighted by Crippen LogP contribution is -2.30. The third kappa shape index (κ3) is 5.62. The summed E-state index contributed by atoms with van der Waals surface area (Å²) >= 11 is 6.51. The second kappa shape index (κ2) is 10.9. The number of rotatable bonds is 9. The number of allylic oxidation sites excluding steroid dienone is 2. The maximum absolute atomic E-state index is 12.6. The van der Waals surface area contributed by atoms with E-state index in [9.17, 15) is 22.6 Å². The van der Waals surface area contributed by atoms with Crippen molar-refractivity contribution in [1.82, 2.24) is 4.90 Å². The molecular formula is C22H27N3O6S3. The minimum Gasteiger partial charge on any atom is -0.462 e. The number of carbonyl (C=O) groups is 2. The second-order valence-corrected chi connectivity index (χ2v) is 10.7. The Labute approximate surface area is 209 Å². The lowest BCUT2D eigenvalue weighted by Gasteiger charge is -2.24. The van der Waals surface area contributed by atoms with E-state index >= 15 is 0 Å². The van der Waals surface area contributed by atoms with Crippen LogP contribution in [0.3, 0.4) is 0 Å². The van der Waals surface area contributed by atoms with Crippen LogP contribution in [0.2, 0.25) is 0 Å². The summed E-state index contributed by atoms with van der Waals surface area (Å²) in [5.74, 6) is -0.289. The SMILES string of the molecule is CCOC(=O)c1ccc2c(c1)N(CCCS(=O)(=O)O)C(=CC=C1SC(=S)N(CC)C1=O)N2CC. The lowest BCUT2D eigenvalue weighted by atomic mass is 10.1. The lowest BCUT2D eigenvalue weighted by molar-refractivity contribution is -0.122. The molecule has 1 aromatic carbocycles.